The number of carbonyl (C=O) groups is 1. The number of hydrogen-bond acceptors (Lipinski definition) is 5. The first-order valence-electron chi connectivity index (χ1n) is 7.97. The lowest BCUT2D eigenvalue weighted by Gasteiger charge is -2.25. The lowest BCUT2D eigenvalue weighted by molar-refractivity contribution is 0.0849. The molecular weight excluding hydrogens is 316 g/mol. The number of ether oxygens (including phenoxy) is 2. The molecule has 3 aromatic rings. The number of nitrogens with zero attached hydrogens (tertiary/aromatic N) is 1. The summed E-state index contributed by atoms with van der Waals surface area (Å²) in [6, 6.07) is 18.4. The van der Waals surface area contributed by atoms with Crippen LogP contribution in [-0.4, -0.2) is 10.8 Å². The number of hydrogen-bond donors (Lipinski definition) is 1. The summed E-state index contributed by atoms with van der Waals surface area (Å²) >= 11 is 0. The van der Waals surface area contributed by atoms with Crippen LogP contribution in [0.4, 0.5) is 5.69 Å². The molecule has 1 unspecified atom stereocenters. The number of rotatable bonds is 3. The molecule has 0 radical (unpaired) electrons. The molecule has 124 valence electrons. The molecule has 0 aliphatic carbocycles. The van der Waals surface area contributed by atoms with Gasteiger partial charge in [0.1, 0.15) is 17.6 Å². The van der Waals surface area contributed by atoms with Crippen molar-refractivity contribution in [3.8, 4) is 17.4 Å². The zero-order chi connectivity index (χ0) is 17.2. The molecule has 25 heavy (non-hydrogen) atoms. The third-order valence-electron chi connectivity index (χ3n) is 4.04. The summed E-state index contributed by atoms with van der Waals surface area (Å²) in [6.07, 6.45) is 1.57. The van der Waals surface area contributed by atoms with Crippen LogP contribution in [0.2, 0.25) is 0 Å². The summed E-state index contributed by atoms with van der Waals surface area (Å²) in [6.45, 7) is 0. The molecular formula is C20H16N2O3. The van der Waals surface area contributed by atoms with Gasteiger partial charge in [-0.25, -0.2) is 4.98 Å². The molecule has 2 heterocycles. The van der Waals surface area contributed by atoms with E-state index in [1.54, 1.807) is 30.3 Å². The van der Waals surface area contributed by atoms with Crippen molar-refractivity contribution in [3.05, 3.63) is 78.0 Å². The lowest BCUT2D eigenvalue weighted by atomic mass is 9.96. The normalized spacial score (nSPS) is 16.0. The Bertz CT molecular complexity index is 908. The lowest BCUT2D eigenvalue weighted by Crippen LogP contribution is -2.20. The van der Waals surface area contributed by atoms with Crippen LogP contribution in [0.1, 0.15) is 28.4 Å². The van der Waals surface area contributed by atoms with Crippen LogP contribution in [0, 0.1) is 0 Å². The highest BCUT2D eigenvalue weighted by Gasteiger charge is 2.28. The summed E-state index contributed by atoms with van der Waals surface area (Å²) in [5.74, 6) is 1.56. The van der Waals surface area contributed by atoms with Gasteiger partial charge in [-0.2, -0.15) is 0 Å². The Hall–Kier alpha value is -3.34. The molecule has 2 N–H and O–H groups in total. The largest absolute Gasteiger partial charge is 0.484 e. The van der Waals surface area contributed by atoms with Gasteiger partial charge in [-0.3, -0.25) is 4.79 Å². The zero-order valence-electron chi connectivity index (χ0n) is 13.4. The number of aromatic nitrogens is 1. The Labute approximate surface area is 145 Å². The number of nitrogens with two attached hydrogens (primary N) is 1. The number of Topliss-reactive ketones (excluding diaryl/α,β-unsaturated/α-hetero) is 1. The Morgan fingerprint density at radius 2 is 1.92 bits per heavy atom. The molecule has 0 spiro atoms. The molecule has 5 nitrogen and oxygen atoms in total. The van der Waals surface area contributed by atoms with Crippen molar-refractivity contribution in [3.63, 3.8) is 0 Å². The molecule has 5 heteroatoms. The summed E-state index contributed by atoms with van der Waals surface area (Å²) in [7, 11) is 0. The van der Waals surface area contributed by atoms with Gasteiger partial charge in [0.2, 0.25) is 5.88 Å². The van der Waals surface area contributed by atoms with E-state index < -0.39 is 0 Å². The van der Waals surface area contributed by atoms with Gasteiger partial charge >= 0.3 is 0 Å². The second kappa shape index (κ2) is 6.28. The van der Waals surface area contributed by atoms with E-state index in [9.17, 15) is 4.79 Å². The molecule has 2 aromatic carbocycles. The van der Waals surface area contributed by atoms with Crippen LogP contribution in [-0.2, 0) is 0 Å². The minimum Gasteiger partial charge on any atom is -0.484 e. The number of carbonyl (C=O) groups excluding carboxylic acids is 1. The van der Waals surface area contributed by atoms with E-state index in [1.165, 1.54) is 6.20 Å². The second-order valence-corrected chi connectivity index (χ2v) is 5.83. The van der Waals surface area contributed by atoms with Crippen LogP contribution < -0.4 is 15.2 Å². The van der Waals surface area contributed by atoms with Crippen LogP contribution >= 0.6 is 0 Å². The Morgan fingerprint density at radius 1 is 1.08 bits per heavy atom. The van der Waals surface area contributed by atoms with Gasteiger partial charge in [-0.1, -0.05) is 30.3 Å². The quantitative estimate of drug-likeness (QED) is 0.779. The SMILES string of the molecule is Nc1ccc(Oc2ccc3c(c2)C(=O)CC(c2ccccc2)O3)nc1. The Kier molecular flexibility index (Phi) is 3.82. The number of fused-ring (bicyclic) bond motifs is 1. The molecule has 0 amide bonds. The third-order valence-corrected chi connectivity index (χ3v) is 4.04. The van der Waals surface area contributed by atoms with Gasteiger partial charge in [0.15, 0.2) is 5.78 Å². The minimum absolute atomic E-state index is 0.0332. The summed E-state index contributed by atoms with van der Waals surface area (Å²) < 4.78 is 11.7. The van der Waals surface area contributed by atoms with Gasteiger partial charge in [0.25, 0.3) is 0 Å². The third kappa shape index (κ3) is 3.17. The van der Waals surface area contributed by atoms with E-state index in [0.717, 1.165) is 5.56 Å². The maximum atomic E-state index is 12.6. The molecule has 1 aliphatic heterocycles. The van der Waals surface area contributed by atoms with Gasteiger partial charge < -0.3 is 15.2 Å². The predicted molar refractivity (Wildman–Crippen MR) is 93.9 cm³/mol. The van der Waals surface area contributed by atoms with E-state index in [2.05, 4.69) is 4.98 Å². The summed E-state index contributed by atoms with van der Waals surface area (Å²) in [5.41, 5.74) is 7.70. The number of benzene rings is 2. The average Bonchev–Trinajstić information content (AvgIpc) is 2.65. The smallest absolute Gasteiger partial charge is 0.219 e. The van der Waals surface area contributed by atoms with Gasteiger partial charge in [-0.15, -0.1) is 0 Å². The number of anilines is 1. The van der Waals surface area contributed by atoms with Crippen LogP contribution in [0.3, 0.4) is 0 Å². The first kappa shape index (κ1) is 15.2. The topological polar surface area (TPSA) is 74.4 Å². The van der Waals surface area contributed by atoms with Crippen LogP contribution in [0.5, 0.6) is 17.4 Å². The van der Waals surface area contributed by atoms with Crippen molar-refractivity contribution in [2.75, 3.05) is 5.73 Å². The summed E-state index contributed by atoms with van der Waals surface area (Å²) in [5, 5.41) is 0. The number of ketones is 1. The molecule has 0 saturated heterocycles. The van der Waals surface area contributed by atoms with Crippen LogP contribution in [0.25, 0.3) is 0 Å². The van der Waals surface area contributed by atoms with Crippen LogP contribution in [0.15, 0.2) is 66.9 Å². The molecule has 0 fully saturated rings. The van der Waals surface area contributed by atoms with Crippen molar-refractivity contribution >= 4 is 11.5 Å². The zero-order valence-corrected chi connectivity index (χ0v) is 13.4. The van der Waals surface area contributed by atoms with Crippen molar-refractivity contribution in [1.82, 2.24) is 4.98 Å². The van der Waals surface area contributed by atoms with Crippen molar-refractivity contribution < 1.29 is 14.3 Å². The minimum atomic E-state index is -0.258. The van der Waals surface area contributed by atoms with Gasteiger partial charge in [0, 0.05) is 6.07 Å². The van der Waals surface area contributed by atoms with Crippen molar-refractivity contribution in [2.45, 2.75) is 12.5 Å². The highest BCUT2D eigenvalue weighted by Crippen LogP contribution is 2.37. The highest BCUT2D eigenvalue weighted by molar-refractivity contribution is 6.00. The van der Waals surface area contributed by atoms with E-state index in [0.29, 0.717) is 35.1 Å². The Morgan fingerprint density at radius 3 is 2.68 bits per heavy atom. The standard InChI is InChI=1S/C20H16N2O3/c21-14-6-9-20(22-12-14)24-15-7-8-18-16(10-15)17(23)11-19(25-18)13-4-2-1-3-5-13/h1-10,12,19H,11,21H2. The second-order valence-electron chi connectivity index (χ2n) is 5.83. The number of pyridine rings is 1. The molecule has 4 rings (SSSR count). The molecule has 0 saturated carbocycles. The average molecular weight is 332 g/mol. The Balaban J connectivity index is 1.58. The molecule has 0 bridgehead atoms. The first-order valence-corrected chi connectivity index (χ1v) is 7.97. The van der Waals surface area contributed by atoms with Crippen molar-refractivity contribution in [1.29, 1.82) is 0 Å². The first-order chi connectivity index (χ1) is 12.2. The molecule has 1 aliphatic rings. The van der Waals surface area contributed by atoms with E-state index in [4.69, 9.17) is 15.2 Å². The predicted octanol–water partition coefficient (Wildman–Crippen LogP) is 4.16. The maximum Gasteiger partial charge on any atom is 0.219 e. The van der Waals surface area contributed by atoms with Crippen molar-refractivity contribution in [2.24, 2.45) is 0 Å². The summed E-state index contributed by atoms with van der Waals surface area (Å²) in [4.78, 5) is 16.6. The van der Waals surface area contributed by atoms with E-state index in [-0.39, 0.29) is 11.9 Å². The number of nitrogen functional groups attached to an aromatic ring is 1. The maximum absolute atomic E-state index is 12.6. The monoisotopic (exact) mass is 332 g/mol. The molecule has 1 atom stereocenters. The fourth-order valence-corrected chi connectivity index (χ4v) is 2.79. The van der Waals surface area contributed by atoms with E-state index in [1.807, 2.05) is 30.3 Å². The van der Waals surface area contributed by atoms with Gasteiger partial charge in [-0.05, 0) is 29.8 Å². The van der Waals surface area contributed by atoms with Gasteiger partial charge in [0.05, 0.1) is 23.9 Å². The fraction of sp³-hybridized carbons (Fsp3) is 0.100. The highest BCUT2D eigenvalue weighted by atomic mass is 16.5. The molecule has 1 aromatic heterocycles. The van der Waals surface area contributed by atoms with E-state index >= 15 is 0 Å². The fourth-order valence-electron chi connectivity index (χ4n) is 2.79.